The summed E-state index contributed by atoms with van der Waals surface area (Å²) in [5, 5.41) is 2.73. The molecule has 6 nitrogen and oxygen atoms in total. The largest absolute Gasteiger partial charge is 0.353 e. The Hall–Kier alpha value is -2.15. The first-order valence-corrected chi connectivity index (χ1v) is 9.07. The zero-order valence-corrected chi connectivity index (χ0v) is 13.7. The number of carbonyl (C=O) groups is 1. The highest BCUT2D eigenvalue weighted by Crippen LogP contribution is 2.22. The summed E-state index contributed by atoms with van der Waals surface area (Å²) < 4.78 is 26.3. The highest BCUT2D eigenvalue weighted by atomic mass is 32.2. The molecule has 0 atom stereocenters. The second-order valence-corrected chi connectivity index (χ2v) is 6.89. The monoisotopic (exact) mass is 335 g/mol. The number of hydrogen-bond acceptors (Lipinski definition) is 4. The minimum Gasteiger partial charge on any atom is -0.353 e. The quantitative estimate of drug-likeness (QED) is 0.558. The van der Waals surface area contributed by atoms with Gasteiger partial charge in [-0.2, -0.15) is 0 Å². The number of carbonyl (C=O) groups excluding carboxylic acids is 1. The molecule has 23 heavy (non-hydrogen) atoms. The Morgan fingerprint density at radius 1 is 1.26 bits per heavy atom. The summed E-state index contributed by atoms with van der Waals surface area (Å²) >= 11 is 0. The fourth-order valence-corrected chi connectivity index (χ4v) is 3.54. The Morgan fingerprint density at radius 2 is 2.04 bits per heavy atom. The number of amides is 1. The number of fused-ring (bicyclic) bond motifs is 1. The number of aliphatic imine (C=N–C) groups is 1. The fourth-order valence-electron chi connectivity index (χ4n) is 2.29. The van der Waals surface area contributed by atoms with Gasteiger partial charge in [0.05, 0.1) is 4.90 Å². The molecule has 2 rings (SSSR count). The molecule has 1 aromatic rings. The van der Waals surface area contributed by atoms with Gasteiger partial charge in [0.15, 0.2) is 0 Å². The number of rotatable bonds is 8. The number of benzene rings is 1. The van der Waals surface area contributed by atoms with Crippen molar-refractivity contribution in [1.82, 2.24) is 10.0 Å². The molecule has 1 aliphatic heterocycles. The van der Waals surface area contributed by atoms with E-state index in [1.165, 1.54) is 0 Å². The summed E-state index contributed by atoms with van der Waals surface area (Å²) in [6.45, 7) is 4.56. The van der Waals surface area contributed by atoms with Crippen LogP contribution in [0.2, 0.25) is 0 Å². The van der Waals surface area contributed by atoms with Gasteiger partial charge in [0.1, 0.15) is 5.84 Å². The third-order valence-electron chi connectivity index (χ3n) is 3.44. The topological polar surface area (TPSA) is 87.6 Å². The minimum atomic E-state index is -3.46. The average Bonchev–Trinajstić information content (AvgIpc) is 2.80. The van der Waals surface area contributed by atoms with Crippen LogP contribution < -0.4 is 10.0 Å². The number of nitrogens with one attached hydrogen (secondary N) is 2. The molecule has 2 N–H and O–H groups in total. The van der Waals surface area contributed by atoms with Crippen molar-refractivity contribution in [3.8, 4) is 0 Å². The van der Waals surface area contributed by atoms with Gasteiger partial charge in [-0.1, -0.05) is 24.6 Å². The molecule has 0 aliphatic carbocycles. The maximum absolute atomic E-state index is 11.9. The Labute approximate surface area is 136 Å². The molecule has 1 amide bonds. The molecular weight excluding hydrogens is 314 g/mol. The summed E-state index contributed by atoms with van der Waals surface area (Å²) in [5.41, 5.74) is 0.622. The average molecular weight is 335 g/mol. The molecule has 124 valence electrons. The highest BCUT2D eigenvalue weighted by molar-refractivity contribution is 7.90. The van der Waals surface area contributed by atoms with Crippen molar-refractivity contribution in [2.24, 2.45) is 4.99 Å². The van der Waals surface area contributed by atoms with Gasteiger partial charge in [-0.15, -0.1) is 6.58 Å². The molecule has 0 aromatic heterocycles. The van der Waals surface area contributed by atoms with Crippen LogP contribution in [0.5, 0.6) is 0 Å². The minimum absolute atomic E-state index is 0.0219. The third-order valence-corrected chi connectivity index (χ3v) is 4.84. The second kappa shape index (κ2) is 7.92. The normalized spacial score (nSPS) is 16.6. The molecule has 0 unspecified atom stereocenters. The van der Waals surface area contributed by atoms with Gasteiger partial charge in [-0.3, -0.25) is 14.5 Å². The van der Waals surface area contributed by atoms with Gasteiger partial charge in [0.25, 0.3) is 10.0 Å². The molecule has 7 heteroatoms. The summed E-state index contributed by atoms with van der Waals surface area (Å²) in [6, 6.07) is 6.80. The number of hydrogen-bond donors (Lipinski definition) is 2. The van der Waals surface area contributed by atoms with E-state index in [9.17, 15) is 13.2 Å². The molecule has 0 bridgehead atoms. The summed E-state index contributed by atoms with van der Waals surface area (Å²) in [4.78, 5) is 16.0. The Kier molecular flexibility index (Phi) is 5.92. The van der Waals surface area contributed by atoms with E-state index in [4.69, 9.17) is 0 Å². The highest BCUT2D eigenvalue weighted by Gasteiger charge is 2.29. The van der Waals surface area contributed by atoms with E-state index in [2.05, 4.69) is 21.6 Å². The van der Waals surface area contributed by atoms with Crippen molar-refractivity contribution < 1.29 is 13.2 Å². The lowest BCUT2D eigenvalue weighted by molar-refractivity contribution is -0.121. The lowest BCUT2D eigenvalue weighted by atomic mass is 10.2. The third kappa shape index (κ3) is 4.66. The second-order valence-electron chi connectivity index (χ2n) is 5.24. The zero-order valence-electron chi connectivity index (χ0n) is 12.9. The molecule has 0 spiro atoms. The Balaban J connectivity index is 1.77. The molecule has 0 saturated carbocycles. The van der Waals surface area contributed by atoms with Crippen LogP contribution in [0.1, 0.15) is 31.2 Å². The molecule has 1 aliphatic rings. The first-order valence-electron chi connectivity index (χ1n) is 7.59. The first-order chi connectivity index (χ1) is 11.0. The van der Waals surface area contributed by atoms with E-state index in [0.717, 1.165) is 19.3 Å². The standard InChI is InChI=1S/C16H21N3O3S/c1-2-11-17-15(20)10-4-3-7-12-18-16-13-8-5-6-9-14(13)23(21,22)19-16/h2,5-6,8-9H,1,3-4,7,10-12H2,(H,17,20)(H,18,19). The van der Waals surface area contributed by atoms with Crippen LogP contribution in [0.3, 0.4) is 0 Å². The smallest absolute Gasteiger partial charge is 0.263 e. The number of nitrogens with zero attached hydrogens (tertiary/aromatic N) is 1. The Morgan fingerprint density at radius 3 is 2.83 bits per heavy atom. The molecule has 1 heterocycles. The molecule has 0 radical (unpaired) electrons. The van der Waals surface area contributed by atoms with E-state index in [-0.39, 0.29) is 10.8 Å². The van der Waals surface area contributed by atoms with Gasteiger partial charge in [0, 0.05) is 25.1 Å². The van der Waals surface area contributed by atoms with Crippen molar-refractivity contribution in [3.63, 3.8) is 0 Å². The van der Waals surface area contributed by atoms with Gasteiger partial charge in [-0.05, 0) is 25.0 Å². The van der Waals surface area contributed by atoms with Gasteiger partial charge in [-0.25, -0.2) is 8.42 Å². The van der Waals surface area contributed by atoms with Crippen molar-refractivity contribution >= 4 is 21.8 Å². The lowest BCUT2D eigenvalue weighted by Gasteiger charge is -2.02. The van der Waals surface area contributed by atoms with Crippen LogP contribution in [0.15, 0.2) is 46.8 Å². The van der Waals surface area contributed by atoms with E-state index in [0.29, 0.717) is 30.9 Å². The van der Waals surface area contributed by atoms with Crippen LogP contribution in [0.25, 0.3) is 0 Å². The van der Waals surface area contributed by atoms with Gasteiger partial charge in [0.2, 0.25) is 5.91 Å². The van der Waals surface area contributed by atoms with Crippen molar-refractivity contribution in [2.45, 2.75) is 30.6 Å². The molecular formula is C16H21N3O3S. The van der Waals surface area contributed by atoms with Crippen LogP contribution >= 0.6 is 0 Å². The number of amidine groups is 1. The van der Waals surface area contributed by atoms with Crippen LogP contribution in [-0.4, -0.2) is 33.3 Å². The van der Waals surface area contributed by atoms with Gasteiger partial charge < -0.3 is 5.32 Å². The van der Waals surface area contributed by atoms with Gasteiger partial charge >= 0.3 is 0 Å². The Bertz CT molecular complexity index is 711. The maximum atomic E-state index is 11.9. The maximum Gasteiger partial charge on any atom is 0.263 e. The fraction of sp³-hybridized carbons (Fsp3) is 0.375. The molecule has 0 saturated heterocycles. The SMILES string of the molecule is C=CCNC(=O)CCCCCN=C1NS(=O)(=O)c2ccccc21. The van der Waals surface area contributed by atoms with Crippen LogP contribution in [-0.2, 0) is 14.8 Å². The van der Waals surface area contributed by atoms with Crippen LogP contribution in [0, 0.1) is 0 Å². The molecule has 0 fully saturated rings. The van der Waals surface area contributed by atoms with E-state index >= 15 is 0 Å². The predicted molar refractivity (Wildman–Crippen MR) is 89.8 cm³/mol. The summed E-state index contributed by atoms with van der Waals surface area (Å²) in [5.74, 6) is 0.429. The van der Waals surface area contributed by atoms with Crippen molar-refractivity contribution in [1.29, 1.82) is 0 Å². The van der Waals surface area contributed by atoms with Crippen molar-refractivity contribution in [3.05, 3.63) is 42.5 Å². The number of unbranched alkanes of at least 4 members (excludes halogenated alkanes) is 2. The predicted octanol–water partition coefficient (Wildman–Crippen LogP) is 1.59. The van der Waals surface area contributed by atoms with Crippen molar-refractivity contribution in [2.75, 3.05) is 13.1 Å². The summed E-state index contributed by atoms with van der Waals surface area (Å²) in [6.07, 6.45) is 4.60. The zero-order chi connectivity index (χ0) is 16.7. The lowest BCUT2D eigenvalue weighted by Crippen LogP contribution is -2.22. The number of sulfonamides is 1. The summed E-state index contributed by atoms with van der Waals surface area (Å²) in [7, 11) is -3.46. The van der Waals surface area contributed by atoms with E-state index in [1.807, 2.05) is 0 Å². The van der Waals surface area contributed by atoms with E-state index < -0.39 is 10.0 Å². The van der Waals surface area contributed by atoms with E-state index in [1.54, 1.807) is 30.3 Å². The molecule has 1 aromatic carbocycles. The van der Waals surface area contributed by atoms with Crippen LogP contribution in [0.4, 0.5) is 0 Å². The first kappa shape index (κ1) is 17.2.